The molecule has 2 rings (SSSR count). The number of hydrogen-bond acceptors (Lipinski definition) is 3. The molecule has 1 aromatic carbocycles. The zero-order valence-corrected chi connectivity index (χ0v) is 9.56. The van der Waals surface area contributed by atoms with E-state index in [9.17, 15) is 0 Å². The van der Waals surface area contributed by atoms with Crippen LogP contribution in [-0.2, 0) is 6.54 Å². The Labute approximate surface area is 95.5 Å². The quantitative estimate of drug-likeness (QED) is 0.867. The molecule has 14 heavy (non-hydrogen) atoms. The van der Waals surface area contributed by atoms with Crippen molar-refractivity contribution < 1.29 is 4.42 Å². The fraction of sp³-hybridized carbons (Fsp3) is 0.100. The van der Waals surface area contributed by atoms with Gasteiger partial charge >= 0.3 is 0 Å². The molecule has 0 aliphatic carbocycles. The lowest BCUT2D eigenvalue weighted by Crippen LogP contribution is -1.95. The lowest BCUT2D eigenvalue weighted by molar-refractivity contribution is 0.572. The van der Waals surface area contributed by atoms with Crippen LogP contribution in [0.15, 0.2) is 34.9 Å². The number of hydrogen-bond donors (Lipinski definition) is 1. The van der Waals surface area contributed by atoms with Crippen LogP contribution in [0.25, 0.3) is 11.5 Å². The van der Waals surface area contributed by atoms with E-state index in [0.29, 0.717) is 12.4 Å². The summed E-state index contributed by atoms with van der Waals surface area (Å²) in [4.78, 5) is 4.23. The second-order valence-corrected chi connectivity index (χ2v) is 4.10. The lowest BCUT2D eigenvalue weighted by Gasteiger charge is -1.94. The summed E-state index contributed by atoms with van der Waals surface area (Å²) < 4.78 is 6.48. The summed E-state index contributed by atoms with van der Waals surface area (Å²) in [6.07, 6.45) is 1.59. The van der Waals surface area contributed by atoms with Crippen LogP contribution in [0.2, 0.25) is 0 Å². The van der Waals surface area contributed by atoms with Gasteiger partial charge in [0.05, 0.1) is 5.69 Å². The van der Waals surface area contributed by atoms with Crippen molar-refractivity contribution in [3.8, 4) is 11.5 Å². The number of halogens is 1. The molecule has 0 saturated heterocycles. The molecule has 0 bridgehead atoms. The number of nitrogens with zero attached hydrogens (tertiary/aromatic N) is 1. The molecule has 4 heteroatoms. The molecule has 2 N–H and O–H groups in total. The van der Waals surface area contributed by atoms with Gasteiger partial charge in [0.2, 0.25) is 5.89 Å². The summed E-state index contributed by atoms with van der Waals surface area (Å²) >= 11 is 2.26. The molecule has 0 saturated carbocycles. The monoisotopic (exact) mass is 300 g/mol. The van der Waals surface area contributed by atoms with Crippen LogP contribution in [0.4, 0.5) is 0 Å². The van der Waals surface area contributed by atoms with Gasteiger partial charge in [-0.3, -0.25) is 0 Å². The molecule has 0 amide bonds. The highest BCUT2D eigenvalue weighted by Gasteiger charge is 2.04. The summed E-state index contributed by atoms with van der Waals surface area (Å²) in [5, 5.41) is 0. The fourth-order valence-electron chi connectivity index (χ4n) is 1.13. The third-order valence-corrected chi connectivity index (χ3v) is 2.57. The molecule has 1 aromatic heterocycles. The van der Waals surface area contributed by atoms with Crippen molar-refractivity contribution in [2.45, 2.75) is 6.54 Å². The van der Waals surface area contributed by atoms with Gasteiger partial charge in [0.15, 0.2) is 0 Å². The van der Waals surface area contributed by atoms with E-state index in [1.807, 2.05) is 24.3 Å². The Bertz CT molecular complexity index is 422. The van der Waals surface area contributed by atoms with Crippen molar-refractivity contribution in [1.82, 2.24) is 4.98 Å². The van der Waals surface area contributed by atoms with Crippen LogP contribution >= 0.6 is 22.6 Å². The summed E-state index contributed by atoms with van der Waals surface area (Å²) in [5.41, 5.74) is 7.20. The van der Waals surface area contributed by atoms with Crippen molar-refractivity contribution in [1.29, 1.82) is 0 Å². The maximum absolute atomic E-state index is 5.44. The summed E-state index contributed by atoms with van der Waals surface area (Å²) in [5.74, 6) is 0.627. The number of aromatic nitrogens is 1. The Morgan fingerprint density at radius 3 is 2.57 bits per heavy atom. The van der Waals surface area contributed by atoms with E-state index >= 15 is 0 Å². The molecule has 0 atom stereocenters. The SMILES string of the molecule is NCc1coc(-c2ccc(I)cc2)n1. The minimum atomic E-state index is 0.411. The minimum Gasteiger partial charge on any atom is -0.444 e. The van der Waals surface area contributed by atoms with Crippen LogP contribution < -0.4 is 5.73 Å². The van der Waals surface area contributed by atoms with Crippen LogP contribution in [-0.4, -0.2) is 4.98 Å². The standard InChI is InChI=1S/C10H9IN2O/c11-8-3-1-7(2-4-8)10-13-9(5-12)6-14-10/h1-4,6H,5,12H2. The van der Waals surface area contributed by atoms with Gasteiger partial charge in [-0.15, -0.1) is 0 Å². The maximum atomic E-state index is 5.44. The Hall–Kier alpha value is -0.880. The second kappa shape index (κ2) is 4.10. The van der Waals surface area contributed by atoms with Gasteiger partial charge < -0.3 is 10.2 Å². The molecular formula is C10H9IN2O. The van der Waals surface area contributed by atoms with Crippen molar-refractivity contribution in [2.75, 3.05) is 0 Å². The second-order valence-electron chi connectivity index (χ2n) is 2.86. The van der Waals surface area contributed by atoms with Gasteiger partial charge in [-0.25, -0.2) is 4.98 Å². The van der Waals surface area contributed by atoms with Gasteiger partial charge in [-0.05, 0) is 46.9 Å². The predicted molar refractivity (Wildman–Crippen MR) is 62.5 cm³/mol. The van der Waals surface area contributed by atoms with Crippen LogP contribution in [0.3, 0.4) is 0 Å². The van der Waals surface area contributed by atoms with Crippen LogP contribution in [0, 0.1) is 3.57 Å². The first kappa shape index (κ1) is 9.67. The average Bonchev–Trinajstić information content (AvgIpc) is 2.67. The van der Waals surface area contributed by atoms with Crippen molar-refractivity contribution in [3.05, 3.63) is 39.8 Å². The number of oxazole rings is 1. The third kappa shape index (κ3) is 1.96. The molecule has 0 aliphatic heterocycles. The van der Waals surface area contributed by atoms with Gasteiger partial charge in [-0.1, -0.05) is 0 Å². The van der Waals surface area contributed by atoms with Gasteiger partial charge in [0.25, 0.3) is 0 Å². The first-order valence-corrected chi connectivity index (χ1v) is 5.28. The molecule has 0 fully saturated rings. The average molecular weight is 300 g/mol. The predicted octanol–water partition coefficient (Wildman–Crippen LogP) is 2.40. The highest BCUT2D eigenvalue weighted by molar-refractivity contribution is 14.1. The van der Waals surface area contributed by atoms with E-state index in [1.165, 1.54) is 3.57 Å². The number of rotatable bonds is 2. The Morgan fingerprint density at radius 1 is 1.29 bits per heavy atom. The molecule has 72 valence electrons. The summed E-state index contributed by atoms with van der Waals surface area (Å²) in [6, 6.07) is 7.99. The van der Waals surface area contributed by atoms with Crippen LogP contribution in [0.1, 0.15) is 5.69 Å². The normalized spacial score (nSPS) is 10.4. The van der Waals surface area contributed by atoms with E-state index in [1.54, 1.807) is 6.26 Å². The molecule has 0 radical (unpaired) electrons. The van der Waals surface area contributed by atoms with Crippen molar-refractivity contribution in [3.63, 3.8) is 0 Å². The highest BCUT2D eigenvalue weighted by atomic mass is 127. The van der Waals surface area contributed by atoms with Gasteiger partial charge in [-0.2, -0.15) is 0 Å². The molecule has 2 aromatic rings. The Kier molecular flexibility index (Phi) is 2.83. The molecule has 3 nitrogen and oxygen atoms in total. The number of nitrogens with two attached hydrogens (primary N) is 1. The van der Waals surface area contributed by atoms with Crippen molar-refractivity contribution in [2.24, 2.45) is 5.73 Å². The van der Waals surface area contributed by atoms with E-state index in [4.69, 9.17) is 10.2 Å². The van der Waals surface area contributed by atoms with Gasteiger partial charge in [0.1, 0.15) is 6.26 Å². The highest BCUT2D eigenvalue weighted by Crippen LogP contribution is 2.19. The zero-order valence-electron chi connectivity index (χ0n) is 7.40. The zero-order chi connectivity index (χ0) is 9.97. The van der Waals surface area contributed by atoms with E-state index in [-0.39, 0.29) is 0 Å². The molecule has 0 spiro atoms. The van der Waals surface area contributed by atoms with E-state index in [0.717, 1.165) is 11.3 Å². The Balaban J connectivity index is 2.34. The lowest BCUT2D eigenvalue weighted by atomic mass is 10.2. The number of benzene rings is 1. The molecule has 0 aliphatic rings. The summed E-state index contributed by atoms with van der Waals surface area (Å²) in [6.45, 7) is 0.411. The first-order valence-electron chi connectivity index (χ1n) is 4.20. The smallest absolute Gasteiger partial charge is 0.226 e. The Morgan fingerprint density at radius 2 is 2.00 bits per heavy atom. The largest absolute Gasteiger partial charge is 0.444 e. The fourth-order valence-corrected chi connectivity index (χ4v) is 1.49. The van der Waals surface area contributed by atoms with Crippen molar-refractivity contribution >= 4 is 22.6 Å². The van der Waals surface area contributed by atoms with E-state index in [2.05, 4.69) is 27.6 Å². The molecule has 1 heterocycles. The minimum absolute atomic E-state index is 0.411. The summed E-state index contributed by atoms with van der Waals surface area (Å²) in [7, 11) is 0. The van der Waals surface area contributed by atoms with Crippen LogP contribution in [0.5, 0.6) is 0 Å². The molecular weight excluding hydrogens is 291 g/mol. The maximum Gasteiger partial charge on any atom is 0.226 e. The topological polar surface area (TPSA) is 52.0 Å². The van der Waals surface area contributed by atoms with E-state index < -0.39 is 0 Å². The van der Waals surface area contributed by atoms with Gasteiger partial charge in [0, 0.05) is 15.7 Å². The molecule has 0 unspecified atom stereocenters. The third-order valence-electron chi connectivity index (χ3n) is 1.85. The first-order chi connectivity index (χ1) is 6.79.